The summed E-state index contributed by atoms with van der Waals surface area (Å²) >= 11 is 0. The number of hydrogen-bond acceptors (Lipinski definition) is 4. The lowest BCUT2D eigenvalue weighted by Gasteiger charge is -2.07. The molecule has 0 saturated carbocycles. The maximum atomic E-state index is 12.4. The van der Waals surface area contributed by atoms with Crippen LogP contribution in [0.25, 0.3) is 0 Å². The molecule has 0 aromatic heterocycles. The lowest BCUT2D eigenvalue weighted by molar-refractivity contribution is 0.0526. The van der Waals surface area contributed by atoms with Crippen LogP contribution in [0, 0.1) is 0 Å². The average molecular weight is 304 g/mol. The Labute approximate surface area is 124 Å². The predicted molar refractivity (Wildman–Crippen MR) is 79.7 cm³/mol. The predicted octanol–water partition coefficient (Wildman–Crippen LogP) is 2.84. The Morgan fingerprint density at radius 2 is 1.76 bits per heavy atom. The van der Waals surface area contributed by atoms with Crippen molar-refractivity contribution in [3.63, 3.8) is 0 Å². The summed E-state index contributed by atoms with van der Waals surface area (Å²) in [4.78, 5) is 11.8. The number of carbonyl (C=O) groups is 1. The zero-order valence-corrected chi connectivity index (χ0v) is 12.5. The van der Waals surface area contributed by atoms with Gasteiger partial charge in [-0.3, -0.25) is 0 Å². The molecule has 0 aliphatic carbocycles. The first-order chi connectivity index (χ1) is 10.0. The van der Waals surface area contributed by atoms with Crippen LogP contribution >= 0.6 is 0 Å². The van der Waals surface area contributed by atoms with Gasteiger partial charge in [-0.1, -0.05) is 36.4 Å². The molecule has 5 heteroatoms. The number of esters is 1. The van der Waals surface area contributed by atoms with Crippen LogP contribution in [0.4, 0.5) is 0 Å². The molecule has 0 radical (unpaired) electrons. The first-order valence-corrected chi connectivity index (χ1v) is 8.22. The fourth-order valence-corrected chi connectivity index (χ4v) is 3.30. The van der Waals surface area contributed by atoms with E-state index in [1.165, 1.54) is 12.1 Å². The van der Waals surface area contributed by atoms with E-state index in [1.807, 2.05) is 6.07 Å². The van der Waals surface area contributed by atoms with Gasteiger partial charge >= 0.3 is 5.97 Å². The second-order valence-corrected chi connectivity index (χ2v) is 6.48. The topological polar surface area (TPSA) is 60.4 Å². The van der Waals surface area contributed by atoms with Crippen LogP contribution in [0.1, 0.15) is 22.8 Å². The molecule has 0 N–H and O–H groups in total. The number of ether oxygens (including phenoxy) is 1. The molecule has 0 heterocycles. The highest BCUT2D eigenvalue weighted by molar-refractivity contribution is 7.90. The van der Waals surface area contributed by atoms with Crippen molar-refractivity contribution in [2.75, 3.05) is 6.61 Å². The van der Waals surface area contributed by atoms with Gasteiger partial charge < -0.3 is 4.74 Å². The zero-order chi connectivity index (χ0) is 15.3. The van der Waals surface area contributed by atoms with Crippen LogP contribution < -0.4 is 0 Å². The first-order valence-electron chi connectivity index (χ1n) is 6.57. The molecule has 21 heavy (non-hydrogen) atoms. The molecular weight excluding hydrogens is 288 g/mol. The van der Waals surface area contributed by atoms with E-state index < -0.39 is 15.8 Å². The van der Waals surface area contributed by atoms with Crippen molar-refractivity contribution in [3.05, 3.63) is 65.7 Å². The molecule has 0 bridgehead atoms. The van der Waals surface area contributed by atoms with Crippen molar-refractivity contribution >= 4 is 15.8 Å². The average Bonchev–Trinajstić information content (AvgIpc) is 2.48. The Morgan fingerprint density at radius 3 is 2.43 bits per heavy atom. The van der Waals surface area contributed by atoms with Gasteiger partial charge in [-0.05, 0) is 30.7 Å². The van der Waals surface area contributed by atoms with E-state index >= 15 is 0 Å². The van der Waals surface area contributed by atoms with E-state index in [1.54, 1.807) is 43.3 Å². The Bertz CT molecular complexity index is 721. The normalized spacial score (nSPS) is 11.1. The Hall–Kier alpha value is -2.14. The molecule has 4 nitrogen and oxygen atoms in total. The largest absolute Gasteiger partial charge is 0.462 e. The molecule has 0 amide bonds. The highest BCUT2D eigenvalue weighted by Gasteiger charge is 2.17. The lowest BCUT2D eigenvalue weighted by atomic mass is 10.2. The quantitative estimate of drug-likeness (QED) is 0.797. The second-order valence-electron chi connectivity index (χ2n) is 4.49. The third kappa shape index (κ3) is 3.92. The minimum absolute atomic E-state index is 0.0971. The van der Waals surface area contributed by atoms with Crippen LogP contribution in [0.3, 0.4) is 0 Å². The molecule has 2 aromatic rings. The van der Waals surface area contributed by atoms with E-state index in [2.05, 4.69) is 0 Å². The molecule has 0 spiro atoms. The van der Waals surface area contributed by atoms with Crippen LogP contribution in [-0.2, 0) is 20.3 Å². The summed E-state index contributed by atoms with van der Waals surface area (Å²) in [6.45, 7) is 1.95. The molecule has 0 aliphatic rings. The summed E-state index contributed by atoms with van der Waals surface area (Å²) in [5.41, 5.74) is 0.949. The Balaban J connectivity index is 2.28. The maximum Gasteiger partial charge on any atom is 0.338 e. The standard InChI is InChI=1S/C16H16O4S/c1-2-20-16(17)14-9-6-10-15(11-14)21(18,19)12-13-7-4-3-5-8-13/h3-11H,2,12H2,1H3. The van der Waals surface area contributed by atoms with Gasteiger partial charge in [0, 0.05) is 0 Å². The van der Waals surface area contributed by atoms with Gasteiger partial charge in [0.25, 0.3) is 0 Å². The molecule has 0 atom stereocenters. The molecule has 0 unspecified atom stereocenters. The number of hydrogen-bond donors (Lipinski definition) is 0. The van der Waals surface area contributed by atoms with Crippen molar-refractivity contribution in [3.8, 4) is 0 Å². The maximum absolute atomic E-state index is 12.4. The fraction of sp³-hybridized carbons (Fsp3) is 0.188. The Morgan fingerprint density at radius 1 is 1.05 bits per heavy atom. The number of sulfone groups is 1. The van der Waals surface area contributed by atoms with Gasteiger partial charge in [0.05, 0.1) is 22.8 Å². The van der Waals surface area contributed by atoms with E-state index in [0.29, 0.717) is 5.56 Å². The van der Waals surface area contributed by atoms with Crippen molar-refractivity contribution in [2.45, 2.75) is 17.6 Å². The van der Waals surface area contributed by atoms with E-state index in [4.69, 9.17) is 4.74 Å². The van der Waals surface area contributed by atoms with Crippen molar-refractivity contribution in [2.24, 2.45) is 0 Å². The third-order valence-corrected chi connectivity index (χ3v) is 4.59. The molecule has 0 saturated heterocycles. The van der Waals surface area contributed by atoms with Crippen LogP contribution in [0.5, 0.6) is 0 Å². The number of rotatable bonds is 5. The first kappa shape index (κ1) is 15.3. The van der Waals surface area contributed by atoms with Crippen LogP contribution in [0.2, 0.25) is 0 Å². The summed E-state index contributed by atoms with van der Waals surface area (Å²) in [6.07, 6.45) is 0. The number of benzene rings is 2. The van der Waals surface area contributed by atoms with Gasteiger partial charge in [-0.2, -0.15) is 0 Å². The molecule has 110 valence electrons. The zero-order valence-electron chi connectivity index (χ0n) is 11.7. The summed E-state index contributed by atoms with van der Waals surface area (Å²) in [6, 6.07) is 14.9. The molecule has 0 fully saturated rings. The van der Waals surface area contributed by atoms with Gasteiger partial charge in [0.2, 0.25) is 0 Å². The monoisotopic (exact) mass is 304 g/mol. The van der Waals surface area contributed by atoms with E-state index in [0.717, 1.165) is 0 Å². The highest BCUT2D eigenvalue weighted by Crippen LogP contribution is 2.18. The van der Waals surface area contributed by atoms with Crippen molar-refractivity contribution in [1.29, 1.82) is 0 Å². The van der Waals surface area contributed by atoms with E-state index in [-0.39, 0.29) is 22.8 Å². The van der Waals surface area contributed by atoms with Gasteiger partial charge in [0.15, 0.2) is 9.84 Å². The summed E-state index contributed by atoms with van der Waals surface area (Å²) in [5.74, 6) is -0.616. The fourth-order valence-electron chi connectivity index (χ4n) is 1.91. The number of carbonyl (C=O) groups excluding carboxylic acids is 1. The van der Waals surface area contributed by atoms with E-state index in [9.17, 15) is 13.2 Å². The summed E-state index contributed by atoms with van der Waals surface area (Å²) < 4.78 is 29.6. The van der Waals surface area contributed by atoms with Crippen molar-refractivity contribution in [1.82, 2.24) is 0 Å². The molecule has 2 aromatic carbocycles. The highest BCUT2D eigenvalue weighted by atomic mass is 32.2. The summed E-state index contributed by atoms with van der Waals surface area (Å²) in [7, 11) is -3.49. The van der Waals surface area contributed by atoms with Crippen LogP contribution in [0.15, 0.2) is 59.5 Å². The minimum Gasteiger partial charge on any atom is -0.462 e. The van der Waals surface area contributed by atoms with Gasteiger partial charge in [0.1, 0.15) is 0 Å². The molecular formula is C16H16O4S. The molecule has 0 aliphatic heterocycles. The third-order valence-electron chi connectivity index (χ3n) is 2.90. The Kier molecular flexibility index (Phi) is 4.75. The second kappa shape index (κ2) is 6.54. The smallest absolute Gasteiger partial charge is 0.338 e. The SMILES string of the molecule is CCOC(=O)c1cccc(S(=O)(=O)Cc2ccccc2)c1. The minimum atomic E-state index is -3.49. The summed E-state index contributed by atoms with van der Waals surface area (Å²) in [5, 5.41) is 0. The molecule has 2 rings (SSSR count). The van der Waals surface area contributed by atoms with Crippen molar-refractivity contribution < 1.29 is 17.9 Å². The lowest BCUT2D eigenvalue weighted by Crippen LogP contribution is -2.08. The van der Waals surface area contributed by atoms with Gasteiger partial charge in [-0.15, -0.1) is 0 Å². The van der Waals surface area contributed by atoms with Gasteiger partial charge in [-0.25, -0.2) is 13.2 Å². The van der Waals surface area contributed by atoms with Crippen LogP contribution in [-0.4, -0.2) is 21.0 Å².